The maximum atomic E-state index is 5.94. The van der Waals surface area contributed by atoms with E-state index in [4.69, 9.17) is 23.8 Å². The summed E-state index contributed by atoms with van der Waals surface area (Å²) in [6, 6.07) is 11.7. The molecule has 0 aliphatic carbocycles. The Labute approximate surface area is 137 Å². The number of rotatable bonds is 2. The van der Waals surface area contributed by atoms with Gasteiger partial charge in [0.25, 0.3) is 0 Å². The zero-order valence-corrected chi connectivity index (χ0v) is 14.3. The fraction of sp³-hybridized carbons (Fsp3) is 0.133. The first kappa shape index (κ1) is 15.3. The maximum Gasteiger partial charge on any atom is 0.175 e. The third-order valence-electron chi connectivity index (χ3n) is 2.87. The van der Waals surface area contributed by atoms with Gasteiger partial charge in [0.1, 0.15) is 0 Å². The van der Waals surface area contributed by atoms with E-state index in [0.717, 1.165) is 32.0 Å². The van der Waals surface area contributed by atoms with E-state index in [2.05, 4.69) is 26.6 Å². The minimum Gasteiger partial charge on any atom is -0.332 e. The second-order valence-electron chi connectivity index (χ2n) is 4.50. The molecule has 104 valence electrons. The third-order valence-corrected chi connectivity index (χ3v) is 3.81. The molecule has 5 heteroatoms. The molecule has 0 aliphatic rings. The number of anilines is 2. The van der Waals surface area contributed by atoms with Crippen molar-refractivity contribution in [2.24, 2.45) is 0 Å². The van der Waals surface area contributed by atoms with Gasteiger partial charge in [-0.05, 0) is 73.6 Å². The van der Waals surface area contributed by atoms with Crippen LogP contribution in [0.3, 0.4) is 0 Å². The average Bonchev–Trinajstić information content (AvgIpc) is 2.36. The van der Waals surface area contributed by atoms with E-state index >= 15 is 0 Å². The molecule has 0 aromatic heterocycles. The summed E-state index contributed by atoms with van der Waals surface area (Å²) in [4.78, 5) is 0. The number of halogens is 2. The van der Waals surface area contributed by atoms with Gasteiger partial charge in [-0.2, -0.15) is 0 Å². The number of hydrogen-bond donors (Lipinski definition) is 2. The molecule has 0 saturated carbocycles. The molecule has 0 radical (unpaired) electrons. The molecule has 0 aliphatic heterocycles. The first-order valence-corrected chi connectivity index (χ1v) is 7.64. The highest BCUT2D eigenvalue weighted by molar-refractivity contribution is 9.10. The summed E-state index contributed by atoms with van der Waals surface area (Å²) in [5, 5.41) is 7.65. The Kier molecular flexibility index (Phi) is 5.02. The van der Waals surface area contributed by atoms with Crippen LogP contribution in [0.2, 0.25) is 5.02 Å². The van der Waals surface area contributed by atoms with Crippen molar-refractivity contribution in [1.29, 1.82) is 0 Å². The molecule has 0 amide bonds. The second-order valence-corrected chi connectivity index (χ2v) is 6.26. The van der Waals surface area contributed by atoms with Crippen LogP contribution < -0.4 is 10.6 Å². The maximum absolute atomic E-state index is 5.94. The molecule has 2 aromatic rings. The number of nitrogens with one attached hydrogen (secondary N) is 2. The highest BCUT2D eigenvalue weighted by Crippen LogP contribution is 2.22. The van der Waals surface area contributed by atoms with Crippen molar-refractivity contribution in [1.82, 2.24) is 0 Å². The molecular formula is C15H14BrClN2S. The van der Waals surface area contributed by atoms with E-state index in [1.165, 1.54) is 0 Å². The van der Waals surface area contributed by atoms with Gasteiger partial charge in [0.15, 0.2) is 5.11 Å². The summed E-state index contributed by atoms with van der Waals surface area (Å²) >= 11 is 14.7. The summed E-state index contributed by atoms with van der Waals surface area (Å²) in [7, 11) is 0. The predicted molar refractivity (Wildman–Crippen MR) is 94.9 cm³/mol. The van der Waals surface area contributed by atoms with Crippen LogP contribution in [-0.2, 0) is 0 Å². The smallest absolute Gasteiger partial charge is 0.175 e. The fourth-order valence-electron chi connectivity index (χ4n) is 1.81. The topological polar surface area (TPSA) is 24.1 Å². The summed E-state index contributed by atoms with van der Waals surface area (Å²) in [5.74, 6) is 0. The molecule has 2 nitrogen and oxygen atoms in total. The van der Waals surface area contributed by atoms with Gasteiger partial charge in [0.2, 0.25) is 0 Å². The molecule has 0 spiro atoms. The van der Waals surface area contributed by atoms with Crippen molar-refractivity contribution in [3.05, 3.63) is 57.0 Å². The average molecular weight is 370 g/mol. The summed E-state index contributed by atoms with van der Waals surface area (Å²) in [5.41, 5.74) is 4.10. The normalized spacial score (nSPS) is 10.2. The van der Waals surface area contributed by atoms with Crippen LogP contribution in [-0.4, -0.2) is 5.11 Å². The Morgan fingerprint density at radius 1 is 1.00 bits per heavy atom. The monoisotopic (exact) mass is 368 g/mol. The Balaban J connectivity index is 2.09. The molecular weight excluding hydrogens is 356 g/mol. The van der Waals surface area contributed by atoms with Crippen molar-refractivity contribution in [3.8, 4) is 0 Å². The van der Waals surface area contributed by atoms with Gasteiger partial charge in [-0.15, -0.1) is 0 Å². The SMILES string of the molecule is Cc1cc(Cl)ccc1NC(=S)Nc1ccc(Br)cc1C. The molecule has 0 heterocycles. The predicted octanol–water partition coefficient (Wildman–Crippen LogP) is 5.53. The quantitative estimate of drug-likeness (QED) is 0.681. The Hall–Kier alpha value is -1.10. The van der Waals surface area contributed by atoms with Crippen molar-refractivity contribution in [3.63, 3.8) is 0 Å². The molecule has 0 saturated heterocycles. The Morgan fingerprint density at radius 2 is 1.55 bits per heavy atom. The molecule has 0 unspecified atom stereocenters. The molecule has 0 atom stereocenters. The van der Waals surface area contributed by atoms with E-state index in [1.54, 1.807) is 0 Å². The van der Waals surface area contributed by atoms with E-state index in [0.29, 0.717) is 5.11 Å². The fourth-order valence-corrected chi connectivity index (χ4v) is 2.73. The lowest BCUT2D eigenvalue weighted by molar-refractivity contribution is 1.43. The van der Waals surface area contributed by atoms with Crippen molar-refractivity contribution in [2.75, 3.05) is 10.6 Å². The minimum absolute atomic E-state index is 0.556. The third kappa shape index (κ3) is 3.95. The van der Waals surface area contributed by atoms with Crippen LogP contribution in [0.1, 0.15) is 11.1 Å². The lowest BCUT2D eigenvalue weighted by Gasteiger charge is -2.14. The lowest BCUT2D eigenvalue weighted by atomic mass is 10.2. The molecule has 0 fully saturated rings. The van der Waals surface area contributed by atoms with E-state index in [9.17, 15) is 0 Å². The summed E-state index contributed by atoms with van der Waals surface area (Å²) in [6.07, 6.45) is 0. The molecule has 2 aromatic carbocycles. The largest absolute Gasteiger partial charge is 0.332 e. The summed E-state index contributed by atoms with van der Waals surface area (Å²) < 4.78 is 1.05. The zero-order chi connectivity index (χ0) is 14.7. The van der Waals surface area contributed by atoms with Crippen molar-refractivity contribution >= 4 is 56.2 Å². The number of hydrogen-bond acceptors (Lipinski definition) is 1. The van der Waals surface area contributed by atoms with Crippen LogP contribution in [0.5, 0.6) is 0 Å². The van der Waals surface area contributed by atoms with E-state index < -0.39 is 0 Å². The van der Waals surface area contributed by atoms with Crippen molar-refractivity contribution < 1.29 is 0 Å². The highest BCUT2D eigenvalue weighted by atomic mass is 79.9. The van der Waals surface area contributed by atoms with Gasteiger partial charge in [-0.25, -0.2) is 0 Å². The van der Waals surface area contributed by atoms with Crippen LogP contribution >= 0.6 is 39.7 Å². The van der Waals surface area contributed by atoms with Gasteiger partial charge in [0.05, 0.1) is 0 Å². The van der Waals surface area contributed by atoms with Gasteiger partial charge in [-0.1, -0.05) is 27.5 Å². The Morgan fingerprint density at radius 3 is 2.10 bits per heavy atom. The first-order chi connectivity index (χ1) is 9.45. The van der Waals surface area contributed by atoms with Crippen LogP contribution in [0.15, 0.2) is 40.9 Å². The van der Waals surface area contributed by atoms with Crippen molar-refractivity contribution in [2.45, 2.75) is 13.8 Å². The molecule has 2 N–H and O–H groups in total. The molecule has 0 bridgehead atoms. The lowest BCUT2D eigenvalue weighted by Crippen LogP contribution is -2.20. The van der Waals surface area contributed by atoms with Gasteiger partial charge in [0, 0.05) is 20.9 Å². The van der Waals surface area contributed by atoms with Crippen LogP contribution in [0.25, 0.3) is 0 Å². The van der Waals surface area contributed by atoms with E-state index in [-0.39, 0.29) is 0 Å². The van der Waals surface area contributed by atoms with Crippen LogP contribution in [0.4, 0.5) is 11.4 Å². The molecule has 20 heavy (non-hydrogen) atoms. The first-order valence-electron chi connectivity index (χ1n) is 6.06. The standard InChI is InChI=1S/C15H14BrClN2S/c1-9-7-11(16)3-5-13(9)18-15(20)19-14-6-4-12(17)8-10(14)2/h3-8H,1-2H3,(H2,18,19,20). The van der Waals surface area contributed by atoms with Gasteiger partial charge in [-0.3, -0.25) is 0 Å². The second kappa shape index (κ2) is 6.57. The molecule has 2 rings (SSSR count). The number of aryl methyl sites for hydroxylation is 2. The van der Waals surface area contributed by atoms with Crippen LogP contribution in [0, 0.1) is 13.8 Å². The highest BCUT2D eigenvalue weighted by Gasteiger charge is 2.04. The van der Waals surface area contributed by atoms with Gasteiger partial charge >= 0.3 is 0 Å². The summed E-state index contributed by atoms with van der Waals surface area (Å²) in [6.45, 7) is 4.02. The number of benzene rings is 2. The Bertz CT molecular complexity index is 603. The zero-order valence-electron chi connectivity index (χ0n) is 11.1. The van der Waals surface area contributed by atoms with Gasteiger partial charge < -0.3 is 10.6 Å². The number of thiocarbonyl (C=S) groups is 1. The minimum atomic E-state index is 0.556. The van der Waals surface area contributed by atoms with E-state index in [1.807, 2.05) is 50.2 Å².